The second-order valence-corrected chi connectivity index (χ2v) is 9.01. The average molecular weight is 448 g/mol. The fourth-order valence-corrected chi connectivity index (χ4v) is 4.96. The van der Waals surface area contributed by atoms with Crippen molar-refractivity contribution in [2.24, 2.45) is 0 Å². The van der Waals surface area contributed by atoms with Crippen molar-refractivity contribution in [1.82, 2.24) is 9.21 Å². The van der Waals surface area contributed by atoms with E-state index in [0.717, 1.165) is 0 Å². The van der Waals surface area contributed by atoms with E-state index in [1.807, 2.05) is 0 Å². The zero-order valence-electron chi connectivity index (χ0n) is 16.7. The van der Waals surface area contributed by atoms with Crippen molar-refractivity contribution < 1.29 is 18.0 Å². The molecule has 9 heteroatoms. The third kappa shape index (κ3) is 3.98. The summed E-state index contributed by atoms with van der Waals surface area (Å²) >= 11 is 6.16. The molecular formula is C21H22ClN3O4S. The molecule has 1 heterocycles. The Labute approximate surface area is 181 Å². The van der Waals surface area contributed by atoms with Crippen LogP contribution >= 0.6 is 11.6 Å². The number of hydrogen-bond donors (Lipinski definition) is 1. The highest BCUT2D eigenvalue weighted by atomic mass is 35.5. The van der Waals surface area contributed by atoms with E-state index in [1.165, 1.54) is 27.4 Å². The Balaban J connectivity index is 1.80. The molecule has 1 aliphatic heterocycles. The molecular weight excluding hydrogens is 426 g/mol. The molecule has 0 atom stereocenters. The lowest BCUT2D eigenvalue weighted by atomic mass is 10.1. The van der Waals surface area contributed by atoms with E-state index in [4.69, 9.17) is 11.6 Å². The van der Waals surface area contributed by atoms with E-state index in [9.17, 15) is 18.0 Å². The molecule has 0 spiro atoms. The largest absolute Gasteiger partial charge is 0.323 e. The molecule has 0 aromatic heterocycles. The first-order chi connectivity index (χ1) is 14.2. The van der Waals surface area contributed by atoms with Crippen molar-refractivity contribution in [2.75, 3.05) is 25.0 Å². The van der Waals surface area contributed by atoms with Crippen LogP contribution in [0.5, 0.6) is 0 Å². The summed E-state index contributed by atoms with van der Waals surface area (Å²) in [5, 5.41) is 2.79. The van der Waals surface area contributed by atoms with Gasteiger partial charge in [0, 0.05) is 29.9 Å². The molecule has 0 radical (unpaired) electrons. The Morgan fingerprint density at radius 2 is 1.77 bits per heavy atom. The minimum Gasteiger partial charge on any atom is -0.323 e. The number of sulfonamides is 1. The first-order valence-corrected chi connectivity index (χ1v) is 11.2. The number of anilines is 1. The van der Waals surface area contributed by atoms with Gasteiger partial charge < -0.3 is 5.32 Å². The Morgan fingerprint density at radius 1 is 1.13 bits per heavy atom. The van der Waals surface area contributed by atoms with Crippen molar-refractivity contribution in [3.05, 3.63) is 65.2 Å². The van der Waals surface area contributed by atoms with Crippen LogP contribution in [-0.2, 0) is 14.8 Å². The minimum absolute atomic E-state index is 0.0277. The van der Waals surface area contributed by atoms with Crippen molar-refractivity contribution >= 4 is 44.8 Å². The van der Waals surface area contributed by atoms with Crippen LogP contribution in [0.2, 0.25) is 5.02 Å². The Kier molecular flexibility index (Phi) is 6.30. The summed E-state index contributed by atoms with van der Waals surface area (Å²) in [6, 6.07) is 11.1. The van der Waals surface area contributed by atoms with Gasteiger partial charge in [0.05, 0.1) is 15.6 Å². The van der Waals surface area contributed by atoms with Crippen LogP contribution < -0.4 is 5.32 Å². The number of benzene rings is 2. The van der Waals surface area contributed by atoms with Gasteiger partial charge in [-0.25, -0.2) is 8.42 Å². The van der Waals surface area contributed by atoms with Gasteiger partial charge in [-0.2, -0.15) is 4.31 Å². The summed E-state index contributed by atoms with van der Waals surface area (Å²) in [6.07, 6.45) is 0. The van der Waals surface area contributed by atoms with Crippen molar-refractivity contribution in [1.29, 1.82) is 0 Å². The molecule has 0 saturated heterocycles. The summed E-state index contributed by atoms with van der Waals surface area (Å²) in [7, 11) is -3.71. The number of carbonyl (C=O) groups excluding carboxylic acids is 2. The Morgan fingerprint density at radius 3 is 2.37 bits per heavy atom. The summed E-state index contributed by atoms with van der Waals surface area (Å²) in [5.41, 5.74) is 1.76. The molecule has 0 saturated carbocycles. The van der Waals surface area contributed by atoms with Gasteiger partial charge >= 0.3 is 0 Å². The van der Waals surface area contributed by atoms with E-state index in [1.54, 1.807) is 38.1 Å². The topological polar surface area (TPSA) is 86.8 Å². The minimum atomic E-state index is -3.71. The highest BCUT2D eigenvalue weighted by Gasteiger charge is 2.32. The average Bonchev–Trinajstić information content (AvgIpc) is 2.95. The monoisotopic (exact) mass is 447 g/mol. The van der Waals surface area contributed by atoms with Crippen LogP contribution in [0.3, 0.4) is 0 Å². The van der Waals surface area contributed by atoms with Crippen molar-refractivity contribution in [2.45, 2.75) is 18.7 Å². The number of fused-ring (bicyclic) bond motifs is 1. The van der Waals surface area contributed by atoms with Gasteiger partial charge in [0.15, 0.2) is 0 Å². The number of halogens is 1. The fraction of sp³-hybridized carbons (Fsp3) is 0.238. The molecule has 1 aliphatic rings. The number of nitrogens with one attached hydrogen (secondary N) is 1. The third-order valence-corrected chi connectivity index (χ3v) is 7.27. The number of nitrogens with zero attached hydrogens (tertiary/aromatic N) is 2. The molecule has 0 aliphatic carbocycles. The first kappa shape index (κ1) is 22.0. The molecule has 0 unspecified atom stereocenters. The molecule has 7 nitrogen and oxygen atoms in total. The van der Waals surface area contributed by atoms with Crippen molar-refractivity contribution in [3.63, 3.8) is 0 Å². The maximum Gasteiger partial charge on any atom is 0.259 e. The van der Waals surface area contributed by atoms with Crippen LogP contribution in [0.4, 0.5) is 5.69 Å². The number of amides is 2. The zero-order chi connectivity index (χ0) is 22.1. The SMILES string of the molecule is C=C1c2ccccc2C(=O)N1CC(=O)Nc1cc(S(=O)(=O)N(CC)CC)ccc1Cl. The highest BCUT2D eigenvalue weighted by molar-refractivity contribution is 7.89. The second-order valence-electron chi connectivity index (χ2n) is 6.66. The zero-order valence-corrected chi connectivity index (χ0v) is 18.3. The molecule has 1 N–H and O–H groups in total. The maximum atomic E-state index is 12.7. The van der Waals surface area contributed by atoms with Gasteiger partial charge in [-0.1, -0.05) is 50.2 Å². The van der Waals surface area contributed by atoms with E-state index in [2.05, 4.69) is 11.9 Å². The lowest BCUT2D eigenvalue weighted by Crippen LogP contribution is -2.33. The van der Waals surface area contributed by atoms with Crippen LogP contribution in [0.15, 0.2) is 53.9 Å². The maximum absolute atomic E-state index is 12.7. The molecule has 2 aromatic carbocycles. The molecule has 3 rings (SSSR count). The van der Waals surface area contributed by atoms with Crippen LogP contribution in [-0.4, -0.2) is 49.1 Å². The summed E-state index contributed by atoms with van der Waals surface area (Å²) in [5.74, 6) is -0.827. The van der Waals surface area contributed by atoms with Crippen LogP contribution in [0.25, 0.3) is 5.70 Å². The quantitative estimate of drug-likeness (QED) is 0.704. The normalized spacial score (nSPS) is 13.7. The number of hydrogen-bond acceptors (Lipinski definition) is 4. The first-order valence-electron chi connectivity index (χ1n) is 9.40. The van der Waals surface area contributed by atoms with Crippen molar-refractivity contribution in [3.8, 4) is 0 Å². The number of rotatable bonds is 7. The Bertz CT molecular complexity index is 1090. The van der Waals surface area contributed by atoms with Gasteiger partial charge in [-0.3, -0.25) is 14.5 Å². The molecule has 2 aromatic rings. The Hall–Kier alpha value is -2.68. The lowest BCUT2D eigenvalue weighted by molar-refractivity contribution is -0.116. The van der Waals surface area contributed by atoms with E-state index in [-0.39, 0.29) is 28.1 Å². The molecule has 2 amide bonds. The third-order valence-electron chi connectivity index (χ3n) is 4.90. The van der Waals surface area contributed by atoms with Gasteiger partial charge in [-0.05, 0) is 24.3 Å². The smallest absolute Gasteiger partial charge is 0.259 e. The summed E-state index contributed by atoms with van der Waals surface area (Å²) in [6.45, 7) is 7.78. The summed E-state index contributed by atoms with van der Waals surface area (Å²) in [4.78, 5) is 26.5. The fourth-order valence-electron chi connectivity index (χ4n) is 3.31. The van der Waals surface area contributed by atoms with E-state index >= 15 is 0 Å². The van der Waals surface area contributed by atoms with E-state index in [0.29, 0.717) is 29.9 Å². The van der Waals surface area contributed by atoms with Gasteiger partial charge in [-0.15, -0.1) is 0 Å². The standard InChI is InChI=1S/C21H22ClN3O4S/c1-4-24(5-2)30(28,29)15-10-11-18(22)19(12-15)23-20(26)13-25-14(3)16-8-6-7-9-17(16)21(25)27/h6-12H,3-5,13H2,1-2H3,(H,23,26). The predicted molar refractivity (Wildman–Crippen MR) is 117 cm³/mol. The molecule has 158 valence electrons. The molecule has 30 heavy (non-hydrogen) atoms. The molecule has 0 bridgehead atoms. The predicted octanol–water partition coefficient (Wildman–Crippen LogP) is 3.44. The summed E-state index contributed by atoms with van der Waals surface area (Å²) < 4.78 is 26.8. The van der Waals surface area contributed by atoms with Crippen LogP contribution in [0.1, 0.15) is 29.8 Å². The van der Waals surface area contributed by atoms with Crippen LogP contribution in [0, 0.1) is 0 Å². The van der Waals surface area contributed by atoms with Gasteiger partial charge in [0.25, 0.3) is 5.91 Å². The van der Waals surface area contributed by atoms with Gasteiger partial charge in [0.1, 0.15) is 6.54 Å². The highest BCUT2D eigenvalue weighted by Crippen LogP contribution is 2.31. The molecule has 0 fully saturated rings. The van der Waals surface area contributed by atoms with E-state index < -0.39 is 15.9 Å². The number of carbonyl (C=O) groups is 2. The second kappa shape index (κ2) is 8.59. The lowest BCUT2D eigenvalue weighted by Gasteiger charge is -2.20. The van der Waals surface area contributed by atoms with Gasteiger partial charge in [0.2, 0.25) is 15.9 Å².